The predicted octanol–water partition coefficient (Wildman–Crippen LogP) is 3.37. The van der Waals surface area contributed by atoms with Gasteiger partial charge >= 0.3 is 0 Å². The first-order valence-corrected chi connectivity index (χ1v) is 10.5. The number of aromatic amines is 1. The Morgan fingerprint density at radius 1 is 1.03 bits per heavy atom. The van der Waals surface area contributed by atoms with E-state index in [1.807, 2.05) is 23.1 Å². The lowest BCUT2D eigenvalue weighted by Gasteiger charge is -2.33. The van der Waals surface area contributed by atoms with Crippen LogP contribution in [0.15, 0.2) is 73.4 Å². The molecule has 0 aliphatic carbocycles. The highest BCUT2D eigenvalue weighted by atomic mass is 19.1. The molecule has 1 atom stereocenters. The van der Waals surface area contributed by atoms with Gasteiger partial charge in [0.2, 0.25) is 5.95 Å². The SMILES string of the molecule is O=C(c1ccccc1)c1cnc(N2CCc3[nH]cnc3[C@H]2c2cc3c(F)cccn3n2)nc1. The molecule has 0 radical (unpaired) electrons. The van der Waals surface area contributed by atoms with E-state index in [2.05, 4.69) is 25.0 Å². The Morgan fingerprint density at radius 2 is 1.85 bits per heavy atom. The van der Waals surface area contributed by atoms with E-state index < -0.39 is 6.04 Å². The number of benzene rings is 1. The van der Waals surface area contributed by atoms with Crippen molar-refractivity contribution in [3.05, 3.63) is 107 Å². The molecule has 33 heavy (non-hydrogen) atoms. The van der Waals surface area contributed by atoms with Crippen molar-refractivity contribution in [1.82, 2.24) is 29.5 Å². The van der Waals surface area contributed by atoms with Gasteiger partial charge in [0.05, 0.1) is 23.3 Å². The van der Waals surface area contributed by atoms with Crippen LogP contribution in [-0.2, 0) is 6.42 Å². The summed E-state index contributed by atoms with van der Waals surface area (Å²) in [6, 6.07) is 13.4. The van der Waals surface area contributed by atoms with Crippen LogP contribution in [0, 0.1) is 5.82 Å². The molecule has 0 spiro atoms. The number of fused-ring (bicyclic) bond motifs is 2. The van der Waals surface area contributed by atoms with Gasteiger partial charge in [-0.3, -0.25) is 4.79 Å². The van der Waals surface area contributed by atoms with E-state index in [-0.39, 0.29) is 11.6 Å². The third kappa shape index (κ3) is 3.25. The van der Waals surface area contributed by atoms with E-state index in [1.54, 1.807) is 36.8 Å². The van der Waals surface area contributed by atoms with Crippen LogP contribution in [0.25, 0.3) is 5.52 Å². The fourth-order valence-electron chi connectivity index (χ4n) is 4.27. The normalized spacial score (nSPS) is 15.5. The number of rotatable bonds is 4. The minimum absolute atomic E-state index is 0.136. The van der Waals surface area contributed by atoms with Gasteiger partial charge in [-0.1, -0.05) is 30.3 Å². The van der Waals surface area contributed by atoms with Crippen LogP contribution in [0.5, 0.6) is 0 Å². The minimum Gasteiger partial charge on any atom is -0.348 e. The second-order valence-electron chi connectivity index (χ2n) is 7.83. The molecule has 1 aliphatic rings. The van der Waals surface area contributed by atoms with Crippen molar-refractivity contribution in [2.45, 2.75) is 12.5 Å². The number of nitrogens with zero attached hydrogens (tertiary/aromatic N) is 6. The van der Waals surface area contributed by atoms with E-state index in [9.17, 15) is 9.18 Å². The number of anilines is 1. The minimum atomic E-state index is -0.394. The maximum Gasteiger partial charge on any atom is 0.226 e. The van der Waals surface area contributed by atoms with Gasteiger partial charge in [0.1, 0.15) is 17.4 Å². The van der Waals surface area contributed by atoms with Crippen molar-refractivity contribution in [3.63, 3.8) is 0 Å². The van der Waals surface area contributed by atoms with Gasteiger partial charge in [0, 0.05) is 42.8 Å². The second kappa shape index (κ2) is 7.63. The summed E-state index contributed by atoms with van der Waals surface area (Å²) in [5.74, 6) is -0.0283. The van der Waals surface area contributed by atoms with Crippen molar-refractivity contribution in [2.24, 2.45) is 0 Å². The molecule has 6 rings (SSSR count). The molecule has 1 aliphatic heterocycles. The molecule has 0 bridgehead atoms. The average molecular weight is 439 g/mol. The van der Waals surface area contributed by atoms with Crippen LogP contribution >= 0.6 is 0 Å². The van der Waals surface area contributed by atoms with E-state index in [0.29, 0.717) is 34.8 Å². The first-order valence-electron chi connectivity index (χ1n) is 10.5. The lowest BCUT2D eigenvalue weighted by Crippen LogP contribution is -2.37. The number of aromatic nitrogens is 6. The first kappa shape index (κ1) is 19.3. The van der Waals surface area contributed by atoms with Crippen molar-refractivity contribution in [1.29, 1.82) is 0 Å². The highest BCUT2D eigenvalue weighted by molar-refractivity contribution is 6.08. The van der Waals surface area contributed by atoms with Crippen LogP contribution in [0.1, 0.15) is 39.0 Å². The molecule has 4 aromatic heterocycles. The van der Waals surface area contributed by atoms with Crippen molar-refractivity contribution >= 4 is 17.2 Å². The van der Waals surface area contributed by atoms with E-state index in [4.69, 9.17) is 0 Å². The summed E-state index contributed by atoms with van der Waals surface area (Å²) in [5.41, 5.74) is 3.83. The van der Waals surface area contributed by atoms with Crippen LogP contribution in [-0.4, -0.2) is 41.9 Å². The fourth-order valence-corrected chi connectivity index (χ4v) is 4.27. The fraction of sp³-hybridized carbons (Fsp3) is 0.125. The van der Waals surface area contributed by atoms with Crippen molar-refractivity contribution < 1.29 is 9.18 Å². The molecule has 0 unspecified atom stereocenters. The number of imidazole rings is 1. The summed E-state index contributed by atoms with van der Waals surface area (Å²) >= 11 is 0. The summed E-state index contributed by atoms with van der Waals surface area (Å²) in [5, 5.41) is 4.61. The Kier molecular flexibility index (Phi) is 4.46. The number of hydrogen-bond donors (Lipinski definition) is 1. The zero-order chi connectivity index (χ0) is 22.4. The highest BCUT2D eigenvalue weighted by Crippen LogP contribution is 2.35. The van der Waals surface area contributed by atoms with Gasteiger partial charge in [-0.2, -0.15) is 5.10 Å². The van der Waals surface area contributed by atoms with E-state index >= 15 is 0 Å². The number of nitrogens with one attached hydrogen (secondary N) is 1. The largest absolute Gasteiger partial charge is 0.348 e. The highest BCUT2D eigenvalue weighted by Gasteiger charge is 2.34. The summed E-state index contributed by atoms with van der Waals surface area (Å²) in [4.78, 5) is 31.4. The van der Waals surface area contributed by atoms with E-state index in [1.165, 1.54) is 23.0 Å². The summed E-state index contributed by atoms with van der Waals surface area (Å²) < 4.78 is 15.9. The smallest absolute Gasteiger partial charge is 0.226 e. The number of pyridine rings is 1. The van der Waals surface area contributed by atoms with Crippen LogP contribution < -0.4 is 4.90 Å². The second-order valence-corrected chi connectivity index (χ2v) is 7.83. The maximum atomic E-state index is 14.3. The zero-order valence-electron chi connectivity index (χ0n) is 17.4. The van der Waals surface area contributed by atoms with Crippen LogP contribution in [0.3, 0.4) is 0 Å². The molecule has 5 aromatic rings. The Morgan fingerprint density at radius 3 is 2.64 bits per heavy atom. The quantitative estimate of drug-likeness (QED) is 0.432. The third-order valence-corrected chi connectivity index (χ3v) is 5.87. The summed E-state index contributed by atoms with van der Waals surface area (Å²) in [6.07, 6.45) is 7.17. The topological polar surface area (TPSA) is 92.1 Å². The average Bonchev–Trinajstić information content (AvgIpc) is 3.51. The number of hydrogen-bond acceptors (Lipinski definition) is 6. The van der Waals surface area contributed by atoms with Crippen LogP contribution in [0.2, 0.25) is 0 Å². The van der Waals surface area contributed by atoms with Gasteiger partial charge in [-0.05, 0) is 18.2 Å². The molecule has 0 saturated heterocycles. The Balaban J connectivity index is 1.39. The Bertz CT molecular complexity index is 1460. The molecule has 1 aromatic carbocycles. The molecular formula is C24H18FN7O. The molecule has 0 saturated carbocycles. The summed E-state index contributed by atoms with van der Waals surface area (Å²) in [6.45, 7) is 0.613. The van der Waals surface area contributed by atoms with Gasteiger partial charge in [0.15, 0.2) is 5.78 Å². The Labute approximate surface area is 187 Å². The first-order chi connectivity index (χ1) is 16.2. The summed E-state index contributed by atoms with van der Waals surface area (Å²) in [7, 11) is 0. The molecule has 0 amide bonds. The lowest BCUT2D eigenvalue weighted by atomic mass is 10.00. The third-order valence-electron chi connectivity index (χ3n) is 5.87. The number of carbonyl (C=O) groups is 1. The maximum absolute atomic E-state index is 14.3. The van der Waals surface area contributed by atoms with E-state index in [0.717, 1.165) is 17.8 Å². The van der Waals surface area contributed by atoms with Gasteiger partial charge in [0.25, 0.3) is 0 Å². The molecule has 162 valence electrons. The van der Waals surface area contributed by atoms with Gasteiger partial charge in [-0.15, -0.1) is 0 Å². The number of ketones is 1. The number of halogens is 1. The van der Waals surface area contributed by atoms with Gasteiger partial charge < -0.3 is 9.88 Å². The Hall–Kier alpha value is -4.40. The molecular weight excluding hydrogens is 421 g/mol. The molecule has 9 heteroatoms. The number of carbonyl (C=O) groups excluding carboxylic acids is 1. The monoisotopic (exact) mass is 439 g/mol. The molecule has 1 N–H and O–H groups in total. The molecule has 8 nitrogen and oxygen atoms in total. The standard InChI is InChI=1S/C24H18FN7O/c25-17-7-4-9-32-20(17)11-19(30-32)22-21-18(28-14-29-21)8-10-31(22)24-26-12-16(13-27-24)23(33)15-5-2-1-3-6-15/h1-7,9,11-14,22H,8,10H2,(H,28,29)/t22-/m1/s1. The number of H-pyrrole nitrogens is 1. The van der Waals surface area contributed by atoms with Crippen molar-refractivity contribution in [2.75, 3.05) is 11.4 Å². The zero-order valence-corrected chi connectivity index (χ0v) is 17.4. The van der Waals surface area contributed by atoms with Crippen molar-refractivity contribution in [3.8, 4) is 0 Å². The van der Waals surface area contributed by atoms with Crippen LogP contribution in [0.4, 0.5) is 10.3 Å². The van der Waals surface area contributed by atoms with Gasteiger partial charge in [-0.25, -0.2) is 23.9 Å². The predicted molar refractivity (Wildman–Crippen MR) is 119 cm³/mol. The lowest BCUT2D eigenvalue weighted by molar-refractivity contribution is 0.103. The molecule has 0 fully saturated rings. The molecule has 5 heterocycles.